The Morgan fingerprint density at radius 1 is 1.26 bits per heavy atom. The highest BCUT2D eigenvalue weighted by molar-refractivity contribution is 9.10. The second-order valence-corrected chi connectivity index (χ2v) is 7.92. The number of sulfonamides is 1. The molecule has 0 radical (unpaired) electrons. The first-order valence-corrected chi connectivity index (χ1v) is 8.69. The van der Waals surface area contributed by atoms with Crippen LogP contribution in [0.2, 0.25) is 0 Å². The Bertz CT molecular complexity index is 566. The molecular weight excluding hydrogens is 328 g/mol. The molecular formula is C13H19BrN2O2S. The van der Waals surface area contributed by atoms with Crippen molar-refractivity contribution in [1.29, 1.82) is 0 Å². The number of hydrogen-bond donors (Lipinski definition) is 2. The molecule has 4 nitrogen and oxygen atoms in total. The molecule has 1 aromatic carbocycles. The third kappa shape index (κ3) is 3.49. The molecule has 1 aliphatic carbocycles. The minimum absolute atomic E-state index is 0.208. The molecule has 1 aromatic rings. The van der Waals surface area contributed by atoms with Crippen LogP contribution in [0.1, 0.15) is 39.0 Å². The summed E-state index contributed by atoms with van der Waals surface area (Å²) in [6.45, 7) is 1.98. The van der Waals surface area contributed by atoms with Gasteiger partial charge in [-0.3, -0.25) is 0 Å². The first kappa shape index (κ1) is 14.8. The van der Waals surface area contributed by atoms with Gasteiger partial charge in [-0.25, -0.2) is 13.1 Å². The van der Waals surface area contributed by atoms with Gasteiger partial charge in [-0.1, -0.05) is 19.3 Å². The number of benzene rings is 1. The molecule has 1 aliphatic rings. The average Bonchev–Trinajstić information content (AvgIpc) is 2.31. The number of halogens is 1. The molecule has 0 aromatic heterocycles. The molecule has 106 valence electrons. The van der Waals surface area contributed by atoms with Gasteiger partial charge in [0.1, 0.15) is 0 Å². The summed E-state index contributed by atoms with van der Waals surface area (Å²) in [6.07, 6.45) is 5.08. The van der Waals surface area contributed by atoms with Crippen molar-refractivity contribution in [3.8, 4) is 0 Å². The quantitative estimate of drug-likeness (QED) is 0.826. The molecule has 1 saturated carbocycles. The molecule has 0 bridgehead atoms. The lowest BCUT2D eigenvalue weighted by Crippen LogP contribution is -2.47. The summed E-state index contributed by atoms with van der Waals surface area (Å²) in [5.74, 6) is 0. The van der Waals surface area contributed by atoms with E-state index in [2.05, 4.69) is 20.7 Å². The van der Waals surface area contributed by atoms with Crippen LogP contribution in [0.25, 0.3) is 0 Å². The zero-order valence-corrected chi connectivity index (χ0v) is 13.4. The highest BCUT2D eigenvalue weighted by atomic mass is 79.9. The zero-order chi connectivity index (χ0) is 14.1. The lowest BCUT2D eigenvalue weighted by molar-refractivity contribution is 0.294. The lowest BCUT2D eigenvalue weighted by Gasteiger charge is -2.34. The maximum Gasteiger partial charge on any atom is 0.242 e. The molecule has 6 heteroatoms. The van der Waals surface area contributed by atoms with Gasteiger partial charge in [-0.2, -0.15) is 0 Å². The van der Waals surface area contributed by atoms with E-state index in [0.717, 1.165) is 25.7 Å². The Balaban J connectivity index is 2.29. The molecule has 0 spiro atoms. The predicted octanol–water partition coefficient (Wildman–Crippen LogP) is 3.03. The molecule has 0 saturated heterocycles. The lowest BCUT2D eigenvalue weighted by atomic mass is 9.84. The van der Waals surface area contributed by atoms with Crippen molar-refractivity contribution in [3.63, 3.8) is 0 Å². The summed E-state index contributed by atoms with van der Waals surface area (Å²) in [6, 6.07) is 4.82. The number of hydrogen-bond acceptors (Lipinski definition) is 3. The maximum atomic E-state index is 12.5. The highest BCUT2D eigenvalue weighted by Gasteiger charge is 2.32. The minimum atomic E-state index is -3.55. The maximum absolute atomic E-state index is 12.5. The molecule has 19 heavy (non-hydrogen) atoms. The highest BCUT2D eigenvalue weighted by Crippen LogP contribution is 2.31. The Morgan fingerprint density at radius 3 is 2.53 bits per heavy atom. The number of nitrogen functional groups attached to an aromatic ring is 1. The van der Waals surface area contributed by atoms with Crippen LogP contribution in [-0.4, -0.2) is 14.0 Å². The van der Waals surface area contributed by atoms with Crippen molar-refractivity contribution < 1.29 is 8.42 Å². The van der Waals surface area contributed by atoms with E-state index >= 15 is 0 Å². The molecule has 0 aliphatic heterocycles. The summed E-state index contributed by atoms with van der Waals surface area (Å²) in [5, 5.41) is 0. The summed E-state index contributed by atoms with van der Waals surface area (Å²) in [7, 11) is -3.55. The largest absolute Gasteiger partial charge is 0.399 e. The van der Waals surface area contributed by atoms with Gasteiger partial charge >= 0.3 is 0 Å². The van der Waals surface area contributed by atoms with Gasteiger partial charge in [-0.15, -0.1) is 0 Å². The number of nitrogens with two attached hydrogens (primary N) is 1. The Morgan fingerprint density at radius 2 is 1.89 bits per heavy atom. The fourth-order valence-corrected chi connectivity index (χ4v) is 5.00. The van der Waals surface area contributed by atoms with Crippen LogP contribution in [0.15, 0.2) is 27.6 Å². The van der Waals surface area contributed by atoms with E-state index in [9.17, 15) is 8.42 Å². The van der Waals surface area contributed by atoms with E-state index in [1.807, 2.05) is 6.92 Å². The van der Waals surface area contributed by atoms with Crippen molar-refractivity contribution in [2.45, 2.75) is 49.5 Å². The standard InChI is InChI=1S/C13H19BrN2O2S/c1-13(7-3-2-4-8-13)16-19(17,18)12-9-10(15)5-6-11(12)14/h5-6,9,16H,2-4,7-8,15H2,1H3. The molecule has 0 atom stereocenters. The van der Waals surface area contributed by atoms with Crippen molar-refractivity contribution in [3.05, 3.63) is 22.7 Å². The van der Waals surface area contributed by atoms with Crippen LogP contribution in [0.3, 0.4) is 0 Å². The van der Waals surface area contributed by atoms with Crippen molar-refractivity contribution in [2.24, 2.45) is 0 Å². The normalized spacial score (nSPS) is 19.3. The van der Waals surface area contributed by atoms with Crippen molar-refractivity contribution in [2.75, 3.05) is 5.73 Å². The van der Waals surface area contributed by atoms with Gasteiger partial charge in [0, 0.05) is 15.7 Å². The van der Waals surface area contributed by atoms with Crippen LogP contribution in [0.4, 0.5) is 5.69 Å². The van der Waals surface area contributed by atoms with Gasteiger partial charge in [0.2, 0.25) is 10.0 Å². The third-order valence-electron chi connectivity index (χ3n) is 3.58. The monoisotopic (exact) mass is 346 g/mol. The van der Waals surface area contributed by atoms with E-state index in [-0.39, 0.29) is 10.4 Å². The second-order valence-electron chi connectivity index (χ2n) is 5.42. The topological polar surface area (TPSA) is 72.2 Å². The van der Waals surface area contributed by atoms with Gasteiger partial charge in [0.15, 0.2) is 0 Å². The first-order valence-electron chi connectivity index (χ1n) is 6.41. The van der Waals surface area contributed by atoms with Gasteiger partial charge in [0.05, 0.1) is 4.90 Å². The van der Waals surface area contributed by atoms with E-state index < -0.39 is 10.0 Å². The van der Waals surface area contributed by atoms with Gasteiger partial charge < -0.3 is 5.73 Å². The van der Waals surface area contributed by atoms with Gasteiger partial charge in [-0.05, 0) is 53.9 Å². The van der Waals surface area contributed by atoms with Crippen molar-refractivity contribution in [1.82, 2.24) is 4.72 Å². The predicted molar refractivity (Wildman–Crippen MR) is 80.4 cm³/mol. The van der Waals surface area contributed by atoms with E-state index in [1.54, 1.807) is 12.1 Å². The number of nitrogens with one attached hydrogen (secondary N) is 1. The van der Waals surface area contributed by atoms with Crippen LogP contribution >= 0.6 is 15.9 Å². The number of rotatable bonds is 3. The zero-order valence-electron chi connectivity index (χ0n) is 10.9. The fourth-order valence-electron chi connectivity index (χ4n) is 2.54. The van der Waals surface area contributed by atoms with Crippen LogP contribution in [0, 0.1) is 0 Å². The van der Waals surface area contributed by atoms with Crippen LogP contribution in [0.5, 0.6) is 0 Å². The average molecular weight is 347 g/mol. The third-order valence-corrected chi connectivity index (χ3v) is 6.21. The Hall–Kier alpha value is -0.590. The smallest absolute Gasteiger partial charge is 0.242 e. The second kappa shape index (κ2) is 5.42. The molecule has 0 heterocycles. The van der Waals surface area contributed by atoms with Gasteiger partial charge in [0.25, 0.3) is 0 Å². The summed E-state index contributed by atoms with van der Waals surface area (Å²) >= 11 is 3.27. The van der Waals surface area contributed by atoms with Crippen LogP contribution < -0.4 is 10.5 Å². The van der Waals surface area contributed by atoms with Crippen LogP contribution in [-0.2, 0) is 10.0 Å². The SMILES string of the molecule is CC1(NS(=O)(=O)c2cc(N)ccc2Br)CCCCC1. The van der Waals surface area contributed by atoms with E-state index in [1.165, 1.54) is 12.5 Å². The Labute approximate surface area is 122 Å². The number of anilines is 1. The Kier molecular flexibility index (Phi) is 4.23. The first-order chi connectivity index (χ1) is 8.82. The van der Waals surface area contributed by atoms with E-state index in [4.69, 9.17) is 5.73 Å². The summed E-state index contributed by atoms with van der Waals surface area (Å²) in [4.78, 5) is 0.208. The molecule has 0 amide bonds. The minimum Gasteiger partial charge on any atom is -0.399 e. The molecule has 1 fully saturated rings. The fraction of sp³-hybridized carbons (Fsp3) is 0.538. The summed E-state index contributed by atoms with van der Waals surface area (Å²) < 4.78 is 28.3. The van der Waals surface area contributed by atoms with E-state index in [0.29, 0.717) is 10.2 Å². The molecule has 3 N–H and O–H groups in total. The van der Waals surface area contributed by atoms with Crippen molar-refractivity contribution >= 4 is 31.6 Å². The molecule has 0 unspecified atom stereocenters. The summed E-state index contributed by atoms with van der Waals surface area (Å²) in [5.41, 5.74) is 5.77. The molecule has 2 rings (SSSR count).